The van der Waals surface area contributed by atoms with Crippen LogP contribution in [-0.4, -0.2) is 29.9 Å². The summed E-state index contributed by atoms with van der Waals surface area (Å²) in [5.74, 6) is 0.785. The average molecular weight is 229 g/mol. The van der Waals surface area contributed by atoms with Crippen LogP contribution in [0.5, 0.6) is 0 Å². The smallest absolute Gasteiger partial charge is 0.294 e. The van der Waals surface area contributed by atoms with Gasteiger partial charge in [0.25, 0.3) is 4.84 Å². The minimum absolute atomic E-state index is 0.0907. The molecule has 5 nitrogen and oxygen atoms in total. The first-order valence-electron chi connectivity index (χ1n) is 5.07. The third-order valence-electron chi connectivity index (χ3n) is 3.01. The highest BCUT2D eigenvalue weighted by Crippen LogP contribution is 2.32. The predicted molar refractivity (Wildman–Crippen MR) is 56.9 cm³/mol. The summed E-state index contributed by atoms with van der Waals surface area (Å²) in [5.41, 5.74) is 5.93. The second kappa shape index (κ2) is 4.42. The van der Waals surface area contributed by atoms with Gasteiger partial charge in [0.2, 0.25) is 0 Å². The molecule has 15 heavy (non-hydrogen) atoms. The summed E-state index contributed by atoms with van der Waals surface area (Å²) in [4.78, 5) is 3.25. The monoisotopic (exact) mass is 229 g/mol. The SMILES string of the molecule is NCC1(Cc2noc(=S)[nH]2)CCOCC1. The van der Waals surface area contributed by atoms with Crippen molar-refractivity contribution in [2.45, 2.75) is 19.3 Å². The van der Waals surface area contributed by atoms with E-state index in [9.17, 15) is 0 Å². The molecular formula is C9H15N3O2S. The fraction of sp³-hybridized carbons (Fsp3) is 0.778. The van der Waals surface area contributed by atoms with E-state index in [-0.39, 0.29) is 5.41 Å². The predicted octanol–water partition coefficient (Wildman–Crippen LogP) is 1.03. The van der Waals surface area contributed by atoms with Crippen molar-refractivity contribution in [2.24, 2.45) is 11.1 Å². The van der Waals surface area contributed by atoms with E-state index in [0.717, 1.165) is 38.3 Å². The van der Waals surface area contributed by atoms with E-state index in [1.807, 2.05) is 0 Å². The first-order valence-corrected chi connectivity index (χ1v) is 5.48. The van der Waals surface area contributed by atoms with E-state index >= 15 is 0 Å². The standard InChI is InChI=1S/C9H15N3O2S/c10-6-9(1-3-13-4-2-9)5-7-11-8(15)14-12-7/h1-6,10H2,(H,11,12,15). The molecule has 1 saturated heterocycles. The molecule has 0 aromatic carbocycles. The summed E-state index contributed by atoms with van der Waals surface area (Å²) in [6, 6.07) is 0. The largest absolute Gasteiger partial charge is 0.381 e. The molecule has 6 heteroatoms. The van der Waals surface area contributed by atoms with Gasteiger partial charge < -0.3 is 15.0 Å². The molecule has 1 aromatic heterocycles. The van der Waals surface area contributed by atoms with E-state index in [4.69, 9.17) is 27.2 Å². The third kappa shape index (κ3) is 2.45. The topological polar surface area (TPSA) is 77.1 Å². The normalized spacial score (nSPS) is 20.3. The Morgan fingerprint density at radius 3 is 2.73 bits per heavy atom. The Hall–Kier alpha value is -0.720. The molecule has 1 fully saturated rings. The van der Waals surface area contributed by atoms with Crippen LogP contribution >= 0.6 is 12.2 Å². The molecule has 1 aliphatic rings. The van der Waals surface area contributed by atoms with Gasteiger partial charge in [-0.1, -0.05) is 5.16 Å². The van der Waals surface area contributed by atoms with Gasteiger partial charge in [-0.15, -0.1) is 0 Å². The lowest BCUT2D eigenvalue weighted by Crippen LogP contribution is -2.38. The number of rotatable bonds is 3. The lowest BCUT2D eigenvalue weighted by molar-refractivity contribution is 0.0180. The summed E-state index contributed by atoms with van der Waals surface area (Å²) >= 11 is 4.83. The number of hydrogen-bond donors (Lipinski definition) is 2. The lowest BCUT2D eigenvalue weighted by Gasteiger charge is -2.35. The number of hydrogen-bond acceptors (Lipinski definition) is 5. The zero-order valence-corrected chi connectivity index (χ0v) is 9.31. The summed E-state index contributed by atoms with van der Waals surface area (Å²) in [7, 11) is 0. The molecule has 0 saturated carbocycles. The number of nitrogens with two attached hydrogens (primary N) is 1. The van der Waals surface area contributed by atoms with Crippen LogP contribution in [-0.2, 0) is 11.2 Å². The molecule has 0 unspecified atom stereocenters. The van der Waals surface area contributed by atoms with Crippen LogP contribution in [0, 0.1) is 10.3 Å². The molecule has 2 rings (SSSR count). The van der Waals surface area contributed by atoms with Crippen molar-refractivity contribution in [3.05, 3.63) is 10.7 Å². The molecule has 1 aliphatic heterocycles. The van der Waals surface area contributed by atoms with Gasteiger partial charge in [0.15, 0.2) is 5.82 Å². The third-order valence-corrected chi connectivity index (χ3v) is 3.19. The molecule has 2 heterocycles. The van der Waals surface area contributed by atoms with E-state index in [2.05, 4.69) is 10.1 Å². The van der Waals surface area contributed by atoms with E-state index < -0.39 is 0 Å². The van der Waals surface area contributed by atoms with Gasteiger partial charge in [-0.2, -0.15) is 0 Å². The van der Waals surface area contributed by atoms with Crippen molar-refractivity contribution < 1.29 is 9.26 Å². The van der Waals surface area contributed by atoms with Crippen LogP contribution in [0.2, 0.25) is 0 Å². The quantitative estimate of drug-likeness (QED) is 0.757. The van der Waals surface area contributed by atoms with Crippen molar-refractivity contribution >= 4 is 12.2 Å². The van der Waals surface area contributed by atoms with Gasteiger partial charge in [0, 0.05) is 19.6 Å². The maximum Gasteiger partial charge on any atom is 0.294 e. The van der Waals surface area contributed by atoms with Crippen LogP contribution in [0.4, 0.5) is 0 Å². The number of ether oxygens (including phenoxy) is 1. The molecule has 1 aromatic rings. The van der Waals surface area contributed by atoms with Crippen LogP contribution < -0.4 is 5.73 Å². The molecule has 0 atom stereocenters. The van der Waals surface area contributed by atoms with E-state index in [1.54, 1.807) is 0 Å². The average Bonchev–Trinajstić information content (AvgIpc) is 2.65. The molecule has 3 N–H and O–H groups in total. The Morgan fingerprint density at radius 2 is 2.20 bits per heavy atom. The van der Waals surface area contributed by atoms with Crippen LogP contribution in [0.3, 0.4) is 0 Å². The second-order valence-electron chi connectivity index (χ2n) is 4.03. The van der Waals surface area contributed by atoms with Gasteiger partial charge >= 0.3 is 0 Å². The maximum atomic E-state index is 5.84. The van der Waals surface area contributed by atoms with Gasteiger partial charge in [-0.3, -0.25) is 4.98 Å². The minimum atomic E-state index is 0.0907. The fourth-order valence-electron chi connectivity index (χ4n) is 1.95. The van der Waals surface area contributed by atoms with Gasteiger partial charge in [0.1, 0.15) is 0 Å². The highest BCUT2D eigenvalue weighted by atomic mass is 32.1. The molecular weight excluding hydrogens is 214 g/mol. The molecule has 0 aliphatic carbocycles. The Balaban J connectivity index is 2.09. The molecule has 0 amide bonds. The Kier molecular flexibility index (Phi) is 3.18. The van der Waals surface area contributed by atoms with Crippen molar-refractivity contribution in [2.75, 3.05) is 19.8 Å². The zero-order valence-electron chi connectivity index (χ0n) is 8.49. The highest BCUT2D eigenvalue weighted by molar-refractivity contribution is 7.71. The van der Waals surface area contributed by atoms with Crippen molar-refractivity contribution in [3.63, 3.8) is 0 Å². The van der Waals surface area contributed by atoms with Gasteiger partial charge in [-0.05, 0) is 37.0 Å². The minimum Gasteiger partial charge on any atom is -0.381 e. The number of aromatic nitrogens is 2. The number of aromatic amines is 1. The van der Waals surface area contributed by atoms with Gasteiger partial charge in [-0.25, -0.2) is 0 Å². The summed E-state index contributed by atoms with van der Waals surface area (Å²) < 4.78 is 10.2. The highest BCUT2D eigenvalue weighted by Gasteiger charge is 2.32. The van der Waals surface area contributed by atoms with Crippen LogP contribution in [0.25, 0.3) is 0 Å². The Labute approximate surface area is 93.0 Å². The fourth-order valence-corrected chi connectivity index (χ4v) is 2.10. The first kappa shape index (κ1) is 10.8. The molecule has 0 radical (unpaired) electrons. The van der Waals surface area contributed by atoms with Crippen LogP contribution in [0.1, 0.15) is 18.7 Å². The molecule has 0 bridgehead atoms. The molecule has 0 spiro atoms. The van der Waals surface area contributed by atoms with Crippen LogP contribution in [0.15, 0.2) is 4.52 Å². The zero-order chi connectivity index (χ0) is 10.7. The Bertz CT molecular complexity index is 367. The van der Waals surface area contributed by atoms with E-state index in [0.29, 0.717) is 11.4 Å². The Morgan fingerprint density at radius 1 is 1.47 bits per heavy atom. The van der Waals surface area contributed by atoms with Crippen molar-refractivity contribution in [3.8, 4) is 0 Å². The van der Waals surface area contributed by atoms with E-state index in [1.165, 1.54) is 0 Å². The summed E-state index contributed by atoms with van der Waals surface area (Å²) in [6.45, 7) is 2.19. The lowest BCUT2D eigenvalue weighted by atomic mass is 9.77. The first-order chi connectivity index (χ1) is 7.24. The maximum absolute atomic E-state index is 5.84. The number of nitrogens with one attached hydrogen (secondary N) is 1. The second-order valence-corrected chi connectivity index (χ2v) is 4.41. The number of nitrogens with zero attached hydrogens (tertiary/aromatic N) is 1. The van der Waals surface area contributed by atoms with Crippen molar-refractivity contribution in [1.82, 2.24) is 10.1 Å². The van der Waals surface area contributed by atoms with Gasteiger partial charge in [0.05, 0.1) is 0 Å². The van der Waals surface area contributed by atoms with Crippen molar-refractivity contribution in [1.29, 1.82) is 0 Å². The molecule has 84 valence electrons. The number of H-pyrrole nitrogens is 1. The summed E-state index contributed by atoms with van der Waals surface area (Å²) in [5, 5.41) is 3.87. The summed E-state index contributed by atoms with van der Waals surface area (Å²) in [6.07, 6.45) is 2.72.